The van der Waals surface area contributed by atoms with Crippen molar-refractivity contribution in [3.05, 3.63) is 77.4 Å². The van der Waals surface area contributed by atoms with Gasteiger partial charge >= 0.3 is 0 Å². The fourth-order valence-corrected chi connectivity index (χ4v) is 2.82. The predicted molar refractivity (Wildman–Crippen MR) is 95.8 cm³/mol. The molecule has 23 heavy (non-hydrogen) atoms. The van der Waals surface area contributed by atoms with Crippen molar-refractivity contribution in [2.45, 2.75) is 38.7 Å². The molecule has 0 aromatic heterocycles. The topological polar surface area (TPSA) is 29.5 Å². The van der Waals surface area contributed by atoms with Gasteiger partial charge in [-0.25, -0.2) is 0 Å². The summed E-state index contributed by atoms with van der Waals surface area (Å²) in [5.74, 6) is 0.734. The van der Waals surface area contributed by atoms with Crippen molar-refractivity contribution in [2.24, 2.45) is 0 Å². The number of allylic oxidation sites excluding steroid dienone is 1. The average Bonchev–Trinajstić information content (AvgIpc) is 2.63. The second-order valence-electron chi connectivity index (χ2n) is 5.69. The van der Waals surface area contributed by atoms with E-state index in [1.54, 1.807) is 7.11 Å². The second-order valence-corrected chi connectivity index (χ2v) is 5.69. The molecule has 2 heteroatoms. The highest BCUT2D eigenvalue weighted by Gasteiger charge is 2.21. The largest absolute Gasteiger partial charge is 0.497 e. The van der Waals surface area contributed by atoms with Gasteiger partial charge in [-0.15, -0.1) is 0 Å². The summed E-state index contributed by atoms with van der Waals surface area (Å²) in [6.07, 6.45) is 3.64. The van der Waals surface area contributed by atoms with Crippen LogP contribution in [0.4, 0.5) is 0 Å². The zero-order valence-electron chi connectivity index (χ0n) is 14.2. The van der Waals surface area contributed by atoms with Crippen molar-refractivity contribution in [3.63, 3.8) is 0 Å². The number of aliphatic hydroxyl groups is 1. The molecule has 2 unspecified atom stereocenters. The van der Waals surface area contributed by atoms with Gasteiger partial charge in [-0.05, 0) is 36.1 Å². The van der Waals surface area contributed by atoms with Crippen LogP contribution < -0.4 is 4.74 Å². The van der Waals surface area contributed by atoms with E-state index in [0.717, 1.165) is 29.7 Å². The minimum Gasteiger partial charge on any atom is -0.497 e. The number of aliphatic hydroxyl groups excluding tert-OH is 1. The van der Waals surface area contributed by atoms with Gasteiger partial charge < -0.3 is 9.84 Å². The van der Waals surface area contributed by atoms with Crippen LogP contribution in [-0.4, -0.2) is 12.2 Å². The van der Waals surface area contributed by atoms with Crippen LogP contribution >= 0.6 is 0 Å². The smallest absolute Gasteiger partial charge is 0.119 e. The van der Waals surface area contributed by atoms with Crippen LogP contribution in [0.5, 0.6) is 5.75 Å². The average molecular weight is 310 g/mol. The Hall–Kier alpha value is -2.06. The Labute approximate surface area is 139 Å². The Morgan fingerprint density at radius 1 is 1.00 bits per heavy atom. The maximum absolute atomic E-state index is 11.0. The van der Waals surface area contributed by atoms with Gasteiger partial charge in [0.25, 0.3) is 0 Å². The first kappa shape index (κ1) is 17.3. The number of hydrogen-bond acceptors (Lipinski definition) is 2. The van der Waals surface area contributed by atoms with E-state index < -0.39 is 6.10 Å². The molecular weight excluding hydrogens is 284 g/mol. The SMILES string of the molecule is CCC(=CC(c1cccc(OC)c1)C(O)c1ccccc1)CC. The number of rotatable bonds is 7. The summed E-state index contributed by atoms with van der Waals surface area (Å²) in [7, 11) is 1.67. The van der Waals surface area contributed by atoms with Crippen molar-refractivity contribution in [1.82, 2.24) is 0 Å². The normalized spacial score (nSPS) is 13.2. The van der Waals surface area contributed by atoms with Crippen molar-refractivity contribution in [1.29, 1.82) is 0 Å². The van der Waals surface area contributed by atoms with Gasteiger partial charge in [0, 0.05) is 5.92 Å². The molecule has 2 aromatic carbocycles. The van der Waals surface area contributed by atoms with Gasteiger partial charge in [0.1, 0.15) is 5.75 Å². The number of benzene rings is 2. The molecule has 0 aliphatic heterocycles. The van der Waals surface area contributed by atoms with Crippen LogP contribution in [-0.2, 0) is 0 Å². The first-order valence-electron chi connectivity index (χ1n) is 8.26. The third kappa shape index (κ3) is 4.46. The molecule has 0 bridgehead atoms. The van der Waals surface area contributed by atoms with E-state index in [1.165, 1.54) is 5.57 Å². The summed E-state index contributed by atoms with van der Waals surface area (Å²) in [6.45, 7) is 4.32. The van der Waals surface area contributed by atoms with Crippen molar-refractivity contribution < 1.29 is 9.84 Å². The van der Waals surface area contributed by atoms with Gasteiger partial charge in [-0.1, -0.05) is 68.0 Å². The molecule has 0 radical (unpaired) electrons. The standard InChI is InChI=1S/C21H26O2/c1-4-16(5-2)14-20(18-12-9-13-19(15-18)23-3)21(22)17-10-7-6-8-11-17/h6-15,20-22H,4-5H2,1-3H3. The van der Waals surface area contributed by atoms with E-state index in [0.29, 0.717) is 0 Å². The molecule has 0 saturated carbocycles. The maximum Gasteiger partial charge on any atom is 0.119 e. The van der Waals surface area contributed by atoms with Crippen LogP contribution in [0, 0.1) is 0 Å². The van der Waals surface area contributed by atoms with E-state index in [9.17, 15) is 5.11 Å². The lowest BCUT2D eigenvalue weighted by atomic mass is 9.86. The van der Waals surface area contributed by atoms with Crippen molar-refractivity contribution in [3.8, 4) is 5.75 Å². The Balaban J connectivity index is 2.44. The number of methoxy groups -OCH3 is 1. The second kappa shape index (κ2) is 8.54. The van der Waals surface area contributed by atoms with Crippen molar-refractivity contribution >= 4 is 0 Å². The summed E-state index contributed by atoms with van der Waals surface area (Å²) in [4.78, 5) is 0. The van der Waals surface area contributed by atoms with Crippen LogP contribution in [0.1, 0.15) is 49.8 Å². The molecule has 0 aliphatic carbocycles. The molecule has 0 aliphatic rings. The first-order chi connectivity index (χ1) is 11.2. The molecule has 2 nitrogen and oxygen atoms in total. The molecule has 0 fully saturated rings. The quantitative estimate of drug-likeness (QED) is 0.707. The van der Waals surface area contributed by atoms with E-state index >= 15 is 0 Å². The monoisotopic (exact) mass is 310 g/mol. The highest BCUT2D eigenvalue weighted by Crippen LogP contribution is 2.35. The minimum atomic E-state index is -0.573. The molecule has 122 valence electrons. The number of ether oxygens (including phenoxy) is 1. The molecule has 2 atom stereocenters. The fourth-order valence-electron chi connectivity index (χ4n) is 2.82. The molecule has 2 rings (SSSR count). The Morgan fingerprint density at radius 3 is 2.26 bits per heavy atom. The summed E-state index contributed by atoms with van der Waals surface area (Å²) in [5, 5.41) is 11.0. The van der Waals surface area contributed by atoms with Gasteiger partial charge in [-0.2, -0.15) is 0 Å². The Kier molecular flexibility index (Phi) is 6.42. The van der Waals surface area contributed by atoms with Crippen LogP contribution in [0.2, 0.25) is 0 Å². The third-order valence-corrected chi connectivity index (χ3v) is 4.28. The Morgan fingerprint density at radius 2 is 1.65 bits per heavy atom. The van der Waals surface area contributed by atoms with Crippen molar-refractivity contribution in [2.75, 3.05) is 7.11 Å². The zero-order valence-corrected chi connectivity index (χ0v) is 14.2. The minimum absolute atomic E-state index is 0.0811. The van der Waals surface area contributed by atoms with E-state index in [4.69, 9.17) is 4.74 Å². The molecule has 1 N–H and O–H groups in total. The first-order valence-corrected chi connectivity index (χ1v) is 8.26. The van der Waals surface area contributed by atoms with Gasteiger partial charge in [0.15, 0.2) is 0 Å². The van der Waals surface area contributed by atoms with Crippen LogP contribution in [0.15, 0.2) is 66.2 Å². The lowest BCUT2D eigenvalue weighted by molar-refractivity contribution is 0.161. The molecule has 0 heterocycles. The maximum atomic E-state index is 11.0. The lowest BCUT2D eigenvalue weighted by Gasteiger charge is -2.23. The third-order valence-electron chi connectivity index (χ3n) is 4.28. The lowest BCUT2D eigenvalue weighted by Crippen LogP contribution is -2.10. The highest BCUT2D eigenvalue weighted by molar-refractivity contribution is 5.36. The van der Waals surface area contributed by atoms with Crippen LogP contribution in [0.3, 0.4) is 0 Å². The Bertz CT molecular complexity index is 625. The summed E-state index contributed by atoms with van der Waals surface area (Å²) in [6, 6.07) is 17.8. The van der Waals surface area contributed by atoms with Gasteiger partial charge in [-0.3, -0.25) is 0 Å². The predicted octanol–water partition coefficient (Wildman–Crippen LogP) is 5.26. The highest BCUT2D eigenvalue weighted by atomic mass is 16.5. The molecule has 2 aromatic rings. The van der Waals surface area contributed by atoms with Gasteiger partial charge in [0.05, 0.1) is 13.2 Å². The fraction of sp³-hybridized carbons (Fsp3) is 0.333. The summed E-state index contributed by atoms with van der Waals surface area (Å²) >= 11 is 0. The molecule has 0 amide bonds. The van der Waals surface area contributed by atoms with E-state index in [1.807, 2.05) is 48.5 Å². The molecular formula is C21H26O2. The molecule has 0 saturated heterocycles. The summed E-state index contributed by atoms with van der Waals surface area (Å²) < 4.78 is 5.35. The zero-order chi connectivity index (χ0) is 16.7. The van der Waals surface area contributed by atoms with Gasteiger partial charge in [0.2, 0.25) is 0 Å². The molecule has 0 spiro atoms. The van der Waals surface area contributed by atoms with E-state index in [2.05, 4.69) is 26.0 Å². The van der Waals surface area contributed by atoms with Crippen LogP contribution in [0.25, 0.3) is 0 Å². The van der Waals surface area contributed by atoms with E-state index in [-0.39, 0.29) is 5.92 Å². The number of hydrogen-bond donors (Lipinski definition) is 1. The summed E-state index contributed by atoms with van der Waals surface area (Å²) in [5.41, 5.74) is 3.36.